The van der Waals surface area contributed by atoms with Crippen LogP contribution in [0.5, 0.6) is 0 Å². The smallest absolute Gasteiger partial charge is 0.219 e. The van der Waals surface area contributed by atoms with Gasteiger partial charge in [0, 0.05) is 262 Å². The van der Waals surface area contributed by atoms with Crippen molar-refractivity contribution < 1.29 is 38.0 Å². The number of rotatable bonds is 13. The fourth-order valence-electron chi connectivity index (χ4n) is 9.16. The summed E-state index contributed by atoms with van der Waals surface area (Å²) in [7, 11) is -0.779. The molecule has 82 heavy (non-hydrogen) atoms. The van der Waals surface area contributed by atoms with Gasteiger partial charge in [0.15, 0.2) is 0 Å². The Morgan fingerprint density at radius 3 is 1.20 bits per heavy atom. The van der Waals surface area contributed by atoms with Gasteiger partial charge in [-0.3, -0.25) is 19.5 Å². The standard InChI is InChI=1S/C11H16N2.C8H18N2O2.C7H16N2O.C6H12N2O.C6H14N2O.C5H12N2O2S.C5H12N2.C4H10N2.C4H9NO/c1-2-4-11(5-3-1)10-13-8-6-12-7-9-13;11-6-8-12-7-5-10-3-1-9-2-4-10;10-7-1-4-9-5-2-8-3-6-9;1-6(9)8-4-2-7-3-5-8;9-6-5-8-3-1-7-2-4-8;1-10(8,9)7-4-2-6-3-5-7;1-7-4-2-6-3-5-7;1-2-6-4-3-5-1;1-3-6-4-2-5-1/h1-5,12H,6-10H2;9,11H,1-8H2;8,10H,1-7H2;7H,2-5H2,1H3;7,9H,1-6H2;6H,2-5H2,1H3;6H,2-5H2,1H3;5-6H,1-4H2;5H,1-4H2. The maximum Gasteiger partial charge on any atom is 0.219 e. The molecule has 1 amide bonds. The third-order valence-electron chi connectivity index (χ3n) is 14.2. The lowest BCUT2D eigenvalue weighted by Crippen LogP contribution is -2.45. The molecule has 0 aromatic heterocycles. The highest BCUT2D eigenvalue weighted by molar-refractivity contribution is 7.88. The van der Waals surface area contributed by atoms with Gasteiger partial charge in [0.25, 0.3) is 0 Å². The third kappa shape index (κ3) is 45.2. The van der Waals surface area contributed by atoms with Crippen molar-refractivity contribution in [1.82, 2.24) is 86.9 Å². The Labute approximate surface area is 496 Å². The van der Waals surface area contributed by atoms with Crippen LogP contribution in [-0.4, -0.2) is 365 Å². The normalized spacial score (nSPS) is 21.6. The van der Waals surface area contributed by atoms with Gasteiger partial charge < -0.3 is 92.7 Å². The molecule has 25 nitrogen and oxygen atoms in total. The molecule has 0 atom stereocenters. The number of β-amino-alcohol motifs (C(OH)–C–C–N with tert-alkyl or cyclic N) is 1. The molecular weight excluding hydrogens is 1070 g/mol. The number of nitrogens with zero attached hydrogens (tertiary/aromatic N) is 7. The summed E-state index contributed by atoms with van der Waals surface area (Å²) >= 11 is 0. The van der Waals surface area contributed by atoms with Crippen LogP contribution >= 0.6 is 0 Å². The Hall–Kier alpha value is -2.20. The van der Waals surface area contributed by atoms with E-state index in [1.165, 1.54) is 42.3 Å². The lowest BCUT2D eigenvalue weighted by Gasteiger charge is -2.27. The van der Waals surface area contributed by atoms with Crippen LogP contribution in [0.3, 0.4) is 0 Å². The molecule has 0 radical (unpaired) electrons. The predicted molar refractivity (Wildman–Crippen MR) is 333 cm³/mol. The minimum atomic E-state index is -2.93. The molecule has 0 spiro atoms. The fourth-order valence-corrected chi connectivity index (χ4v) is 10.0. The fraction of sp³-hybridized carbons (Fsp3) is 0.875. The van der Waals surface area contributed by atoms with Crippen molar-refractivity contribution in [3.05, 3.63) is 35.9 Å². The summed E-state index contributed by atoms with van der Waals surface area (Å²) < 4.78 is 33.4. The molecule has 1 aromatic rings. The average Bonchev–Trinajstić information content (AvgIpc) is 3.54. The summed E-state index contributed by atoms with van der Waals surface area (Å²) in [6.45, 7) is 44.9. The predicted octanol–water partition coefficient (Wildman–Crippen LogP) is -5.25. The molecule has 9 aliphatic rings. The van der Waals surface area contributed by atoms with Gasteiger partial charge in [0.2, 0.25) is 15.9 Å². The van der Waals surface area contributed by atoms with Crippen LogP contribution in [0, 0.1) is 0 Å². The molecule has 0 unspecified atom stereocenters. The van der Waals surface area contributed by atoms with Gasteiger partial charge in [-0.15, -0.1) is 0 Å². The van der Waals surface area contributed by atoms with E-state index in [0.717, 1.165) is 236 Å². The van der Waals surface area contributed by atoms with Crippen molar-refractivity contribution >= 4 is 15.9 Å². The highest BCUT2D eigenvalue weighted by Crippen LogP contribution is 2.05. The van der Waals surface area contributed by atoms with Gasteiger partial charge >= 0.3 is 0 Å². The quantitative estimate of drug-likeness (QED) is 0.0823. The topological polar surface area (TPSA) is 273 Å². The van der Waals surface area contributed by atoms with Gasteiger partial charge in [0.1, 0.15) is 0 Å². The molecule has 9 fully saturated rings. The highest BCUT2D eigenvalue weighted by Gasteiger charge is 2.18. The minimum absolute atomic E-state index is 0.127. The maximum absolute atomic E-state index is 10.9. The number of carbonyl (C=O) groups is 1. The molecular formula is C56H119N17O8S. The van der Waals surface area contributed by atoms with E-state index in [4.69, 9.17) is 24.8 Å². The number of aliphatic hydroxyl groups is 3. The molecule has 0 aliphatic carbocycles. The first-order valence-electron chi connectivity index (χ1n) is 30.9. The number of amides is 1. The van der Waals surface area contributed by atoms with E-state index in [2.05, 4.69) is 115 Å². The number of morpholine rings is 1. The zero-order valence-corrected chi connectivity index (χ0v) is 52.2. The van der Waals surface area contributed by atoms with E-state index in [1.807, 2.05) is 4.90 Å². The van der Waals surface area contributed by atoms with Gasteiger partial charge in [-0.2, -0.15) is 4.31 Å². The first kappa shape index (κ1) is 75.9. The number of likely N-dealkylation sites (N-methyl/N-ethyl adjacent to an activating group) is 1. The zero-order chi connectivity index (χ0) is 59.2. The Kier molecular flexibility index (Phi) is 50.2. The van der Waals surface area contributed by atoms with Crippen LogP contribution in [-0.2, 0) is 30.8 Å². The second-order valence-corrected chi connectivity index (χ2v) is 23.0. The summed E-state index contributed by atoms with van der Waals surface area (Å²) in [5.74, 6) is 0.191. The zero-order valence-electron chi connectivity index (χ0n) is 51.3. The number of nitrogens with one attached hydrogen (secondary N) is 10. The van der Waals surface area contributed by atoms with Crippen LogP contribution < -0.4 is 53.2 Å². The molecule has 9 saturated heterocycles. The summed E-state index contributed by atoms with van der Waals surface area (Å²) in [5, 5.41) is 57.9. The Balaban J connectivity index is 0.000000318. The van der Waals surface area contributed by atoms with Crippen LogP contribution in [0.4, 0.5) is 0 Å². The summed E-state index contributed by atoms with van der Waals surface area (Å²) in [5.41, 5.74) is 1.42. The highest BCUT2D eigenvalue weighted by atomic mass is 32.2. The van der Waals surface area contributed by atoms with E-state index < -0.39 is 10.0 Å². The molecule has 9 heterocycles. The summed E-state index contributed by atoms with van der Waals surface area (Å²) in [6, 6.07) is 10.7. The summed E-state index contributed by atoms with van der Waals surface area (Å²) in [6.07, 6.45) is 2.16. The van der Waals surface area contributed by atoms with Crippen molar-refractivity contribution in [1.29, 1.82) is 0 Å². The van der Waals surface area contributed by atoms with E-state index >= 15 is 0 Å². The van der Waals surface area contributed by atoms with E-state index in [1.54, 1.807) is 6.92 Å². The SMILES string of the molecule is C1CNCCN1.C1COCCN1.CC(=O)N1CCNCC1.CN1CCNCC1.CS(=O)(=O)N1CCNCC1.OCCCN1CCNCC1.OCCN1CCNCC1.OCCOCCN1CCNCC1.c1ccc(CN2CCNCC2)cc1. The lowest BCUT2D eigenvalue weighted by molar-refractivity contribution is -0.129. The molecule has 0 saturated carbocycles. The van der Waals surface area contributed by atoms with Crippen LogP contribution in [0.2, 0.25) is 0 Å². The van der Waals surface area contributed by atoms with Gasteiger partial charge in [-0.25, -0.2) is 8.42 Å². The van der Waals surface area contributed by atoms with Gasteiger partial charge in [-0.05, 0) is 19.0 Å². The second kappa shape index (κ2) is 54.2. The Morgan fingerprint density at radius 2 is 0.866 bits per heavy atom. The van der Waals surface area contributed by atoms with Crippen molar-refractivity contribution in [3.8, 4) is 0 Å². The van der Waals surface area contributed by atoms with Crippen molar-refractivity contribution in [2.24, 2.45) is 0 Å². The third-order valence-corrected chi connectivity index (χ3v) is 15.5. The van der Waals surface area contributed by atoms with E-state index in [0.29, 0.717) is 32.9 Å². The monoisotopic (exact) mass is 1190 g/mol. The molecule has 9 aliphatic heterocycles. The lowest BCUT2D eigenvalue weighted by atomic mass is 10.2. The number of piperazine rings is 8. The molecule has 1 aromatic carbocycles. The van der Waals surface area contributed by atoms with E-state index in [-0.39, 0.29) is 12.5 Å². The average molecular weight is 1190 g/mol. The minimum Gasteiger partial charge on any atom is -0.396 e. The largest absolute Gasteiger partial charge is 0.396 e. The van der Waals surface area contributed by atoms with E-state index in [9.17, 15) is 13.2 Å². The molecule has 13 N–H and O–H groups in total. The van der Waals surface area contributed by atoms with Crippen LogP contribution in [0.15, 0.2) is 30.3 Å². The van der Waals surface area contributed by atoms with Crippen LogP contribution in [0.1, 0.15) is 18.9 Å². The van der Waals surface area contributed by atoms with Gasteiger partial charge in [0.05, 0.1) is 45.9 Å². The Bertz CT molecular complexity index is 1590. The maximum atomic E-state index is 10.9. The number of hydrogen-bond acceptors (Lipinski definition) is 23. The number of ether oxygens (including phenoxy) is 2. The first-order chi connectivity index (χ1) is 40.0. The van der Waals surface area contributed by atoms with Crippen molar-refractivity contribution in [2.75, 3.05) is 302 Å². The number of sulfonamides is 1. The number of carbonyl (C=O) groups excluding carboxylic acids is 1. The molecule has 0 bridgehead atoms. The Morgan fingerprint density at radius 1 is 0.476 bits per heavy atom. The number of benzene rings is 1. The molecule has 26 heteroatoms. The molecule has 10 rings (SSSR count). The first-order valence-corrected chi connectivity index (χ1v) is 32.8. The van der Waals surface area contributed by atoms with Crippen molar-refractivity contribution in [3.63, 3.8) is 0 Å². The summed E-state index contributed by atoms with van der Waals surface area (Å²) in [4.78, 5) is 24.4. The van der Waals surface area contributed by atoms with Gasteiger partial charge in [-0.1, -0.05) is 30.3 Å². The molecule has 482 valence electrons. The van der Waals surface area contributed by atoms with Crippen molar-refractivity contribution in [2.45, 2.75) is 19.9 Å². The number of hydrogen-bond donors (Lipinski definition) is 13. The second-order valence-electron chi connectivity index (χ2n) is 21.0. The van der Waals surface area contributed by atoms with Crippen LogP contribution in [0.25, 0.3) is 0 Å². The number of aliphatic hydroxyl groups excluding tert-OH is 3.